The van der Waals surface area contributed by atoms with Gasteiger partial charge in [0, 0.05) is 48.2 Å². The number of aromatic nitrogens is 3. The molecular weight excluding hydrogens is 426 g/mol. The molecule has 0 radical (unpaired) electrons. The SMILES string of the molecule is Cc1nc2c(-c3ccc(F)cc3F)nc([C@@H]3CCO[C@H]([C@H]4CCN(C)C4)C3)cn2c(=O)c1C. The molecule has 0 spiro atoms. The van der Waals surface area contributed by atoms with Gasteiger partial charge in [0.1, 0.15) is 17.3 Å². The second kappa shape index (κ2) is 8.57. The molecule has 5 rings (SSSR count). The van der Waals surface area contributed by atoms with Gasteiger partial charge in [0.2, 0.25) is 0 Å². The number of halogens is 2. The lowest BCUT2D eigenvalue weighted by Crippen LogP contribution is -2.33. The number of hydrogen-bond acceptors (Lipinski definition) is 5. The van der Waals surface area contributed by atoms with E-state index in [-0.39, 0.29) is 34.5 Å². The summed E-state index contributed by atoms with van der Waals surface area (Å²) in [6, 6.07) is 3.39. The minimum atomic E-state index is -0.729. The van der Waals surface area contributed by atoms with Crippen molar-refractivity contribution in [2.75, 3.05) is 26.7 Å². The van der Waals surface area contributed by atoms with Gasteiger partial charge >= 0.3 is 0 Å². The normalized spacial score (nSPS) is 24.0. The molecular formula is C25H28F2N4O2. The minimum absolute atomic E-state index is 0.0785. The molecule has 2 fully saturated rings. The Kier molecular flexibility index (Phi) is 5.74. The van der Waals surface area contributed by atoms with E-state index < -0.39 is 11.6 Å². The van der Waals surface area contributed by atoms with E-state index in [1.807, 2.05) is 0 Å². The molecule has 0 saturated carbocycles. The van der Waals surface area contributed by atoms with Crippen LogP contribution in [0.4, 0.5) is 8.78 Å². The number of benzene rings is 1. The van der Waals surface area contributed by atoms with E-state index in [2.05, 4.69) is 16.9 Å². The maximum atomic E-state index is 14.8. The number of rotatable bonds is 3. The highest BCUT2D eigenvalue weighted by Gasteiger charge is 2.34. The molecule has 0 amide bonds. The predicted octanol–water partition coefficient (Wildman–Crippen LogP) is 3.87. The van der Waals surface area contributed by atoms with Crippen molar-refractivity contribution in [1.29, 1.82) is 0 Å². The number of aryl methyl sites for hydroxylation is 1. The van der Waals surface area contributed by atoms with Crippen molar-refractivity contribution < 1.29 is 13.5 Å². The lowest BCUT2D eigenvalue weighted by Gasteiger charge is -2.33. The Bertz CT molecular complexity index is 1280. The molecule has 33 heavy (non-hydrogen) atoms. The van der Waals surface area contributed by atoms with Crippen LogP contribution in [0.15, 0.2) is 29.2 Å². The van der Waals surface area contributed by atoms with E-state index in [9.17, 15) is 13.6 Å². The Hall–Kier alpha value is -2.71. The topological polar surface area (TPSA) is 59.7 Å². The van der Waals surface area contributed by atoms with Crippen LogP contribution < -0.4 is 5.56 Å². The van der Waals surface area contributed by atoms with Crippen molar-refractivity contribution in [3.05, 3.63) is 63.3 Å². The highest BCUT2D eigenvalue weighted by Crippen LogP contribution is 2.36. The van der Waals surface area contributed by atoms with E-state index in [4.69, 9.17) is 9.72 Å². The van der Waals surface area contributed by atoms with E-state index >= 15 is 0 Å². The molecule has 6 nitrogen and oxygen atoms in total. The van der Waals surface area contributed by atoms with Gasteiger partial charge in [0.15, 0.2) is 5.65 Å². The highest BCUT2D eigenvalue weighted by atomic mass is 19.1. The molecule has 0 unspecified atom stereocenters. The van der Waals surface area contributed by atoms with Gasteiger partial charge in [-0.3, -0.25) is 9.20 Å². The molecule has 2 saturated heterocycles. The second-order valence-corrected chi connectivity index (χ2v) is 9.40. The van der Waals surface area contributed by atoms with Gasteiger partial charge in [-0.15, -0.1) is 0 Å². The summed E-state index contributed by atoms with van der Waals surface area (Å²) < 4.78 is 36.0. The number of fused-ring (bicyclic) bond motifs is 1. The Labute approximate surface area is 191 Å². The average Bonchev–Trinajstić information content (AvgIpc) is 3.24. The fourth-order valence-electron chi connectivity index (χ4n) is 5.11. The second-order valence-electron chi connectivity index (χ2n) is 9.40. The first-order chi connectivity index (χ1) is 15.8. The third kappa shape index (κ3) is 4.06. The minimum Gasteiger partial charge on any atom is -0.378 e. The zero-order chi connectivity index (χ0) is 23.3. The Balaban J connectivity index is 1.63. The maximum Gasteiger partial charge on any atom is 0.261 e. The standard InChI is InChI=1S/C25H28F2N4O2/c1-14-15(2)28-24-23(19-5-4-18(26)11-20(19)27)29-21(13-31(24)25(14)32)16-7-9-33-22(10-16)17-6-8-30(3)12-17/h4-5,11,13,16-17,22H,6-10,12H2,1-3H3/t16-,17+,22+/m1/s1. The molecule has 4 heterocycles. The molecule has 2 aliphatic rings. The molecule has 0 N–H and O–H groups in total. The lowest BCUT2D eigenvalue weighted by atomic mass is 9.86. The zero-order valence-corrected chi connectivity index (χ0v) is 19.1. The molecule has 0 aliphatic carbocycles. The number of hydrogen-bond donors (Lipinski definition) is 0. The van der Waals surface area contributed by atoms with Crippen LogP contribution >= 0.6 is 0 Å². The van der Waals surface area contributed by atoms with E-state index in [1.54, 1.807) is 20.0 Å². The van der Waals surface area contributed by atoms with Crippen molar-refractivity contribution >= 4 is 5.65 Å². The number of nitrogens with zero attached hydrogens (tertiary/aromatic N) is 4. The van der Waals surface area contributed by atoms with Crippen LogP contribution in [0.1, 0.15) is 42.1 Å². The first-order valence-corrected chi connectivity index (χ1v) is 11.5. The van der Waals surface area contributed by atoms with Gasteiger partial charge in [0.25, 0.3) is 5.56 Å². The van der Waals surface area contributed by atoms with Crippen LogP contribution in [0.25, 0.3) is 16.9 Å². The van der Waals surface area contributed by atoms with Crippen molar-refractivity contribution in [2.24, 2.45) is 5.92 Å². The molecule has 174 valence electrons. The van der Waals surface area contributed by atoms with Gasteiger partial charge in [-0.05, 0) is 64.8 Å². The first-order valence-electron chi connectivity index (χ1n) is 11.5. The van der Waals surface area contributed by atoms with Crippen molar-refractivity contribution in [2.45, 2.75) is 45.1 Å². The summed E-state index contributed by atoms with van der Waals surface area (Å²) in [6.07, 6.45) is 4.56. The van der Waals surface area contributed by atoms with Gasteiger partial charge in [0.05, 0.1) is 11.8 Å². The fourth-order valence-corrected chi connectivity index (χ4v) is 5.11. The van der Waals surface area contributed by atoms with E-state index in [0.29, 0.717) is 29.5 Å². The molecule has 3 aromatic rings. The number of likely N-dealkylation sites (tertiary alicyclic amines) is 1. The monoisotopic (exact) mass is 454 g/mol. The van der Waals surface area contributed by atoms with Crippen LogP contribution in [0.2, 0.25) is 0 Å². The van der Waals surface area contributed by atoms with Crippen LogP contribution in [0.5, 0.6) is 0 Å². The number of ether oxygens (including phenoxy) is 1. The fraction of sp³-hybridized carbons (Fsp3) is 0.480. The third-order valence-electron chi connectivity index (χ3n) is 7.17. The van der Waals surface area contributed by atoms with Gasteiger partial charge < -0.3 is 9.64 Å². The predicted molar refractivity (Wildman–Crippen MR) is 121 cm³/mol. The molecule has 8 heteroatoms. The molecule has 2 aromatic heterocycles. The molecule has 0 bridgehead atoms. The largest absolute Gasteiger partial charge is 0.378 e. The summed E-state index contributed by atoms with van der Waals surface area (Å²) >= 11 is 0. The average molecular weight is 455 g/mol. The summed E-state index contributed by atoms with van der Waals surface area (Å²) in [4.78, 5) is 24.8. The van der Waals surface area contributed by atoms with Crippen LogP contribution in [-0.4, -0.2) is 52.1 Å². The Morgan fingerprint density at radius 1 is 1.15 bits per heavy atom. The van der Waals surface area contributed by atoms with Crippen molar-refractivity contribution in [3.63, 3.8) is 0 Å². The summed E-state index contributed by atoms with van der Waals surface area (Å²) in [5.41, 5.74) is 2.28. The van der Waals surface area contributed by atoms with Crippen LogP contribution in [-0.2, 0) is 4.74 Å². The van der Waals surface area contributed by atoms with Crippen molar-refractivity contribution in [3.8, 4) is 11.3 Å². The Morgan fingerprint density at radius 2 is 1.97 bits per heavy atom. The summed E-state index contributed by atoms with van der Waals surface area (Å²) in [5, 5.41) is 0. The highest BCUT2D eigenvalue weighted by molar-refractivity contribution is 5.74. The lowest BCUT2D eigenvalue weighted by molar-refractivity contribution is -0.0265. The summed E-state index contributed by atoms with van der Waals surface area (Å²) in [6.45, 7) is 6.18. The van der Waals surface area contributed by atoms with Crippen LogP contribution in [0.3, 0.4) is 0 Å². The van der Waals surface area contributed by atoms with E-state index in [1.165, 1.54) is 16.5 Å². The zero-order valence-electron chi connectivity index (χ0n) is 19.1. The summed E-state index contributed by atoms with van der Waals surface area (Å²) in [5.74, 6) is -0.841. The van der Waals surface area contributed by atoms with Gasteiger partial charge in [-0.2, -0.15) is 0 Å². The van der Waals surface area contributed by atoms with Crippen molar-refractivity contribution in [1.82, 2.24) is 19.3 Å². The Morgan fingerprint density at radius 3 is 2.70 bits per heavy atom. The maximum absolute atomic E-state index is 14.8. The summed E-state index contributed by atoms with van der Waals surface area (Å²) in [7, 11) is 2.12. The third-order valence-corrected chi connectivity index (χ3v) is 7.17. The molecule has 1 aromatic carbocycles. The quantitative estimate of drug-likeness (QED) is 0.602. The molecule has 2 aliphatic heterocycles. The van der Waals surface area contributed by atoms with Gasteiger partial charge in [-0.1, -0.05) is 0 Å². The van der Waals surface area contributed by atoms with Crippen LogP contribution in [0, 0.1) is 31.4 Å². The molecule has 3 atom stereocenters. The van der Waals surface area contributed by atoms with E-state index in [0.717, 1.165) is 38.4 Å². The first kappa shape index (κ1) is 22.1. The smallest absolute Gasteiger partial charge is 0.261 e. The van der Waals surface area contributed by atoms with Gasteiger partial charge in [-0.25, -0.2) is 18.7 Å².